The molecule has 0 atom stereocenters. The number of carboxylic acids is 1. The molecule has 28 heavy (non-hydrogen) atoms. The molecule has 2 aromatic rings. The minimum atomic E-state index is -4.97. The molecule has 0 saturated carbocycles. The Morgan fingerprint density at radius 1 is 1.04 bits per heavy atom. The summed E-state index contributed by atoms with van der Waals surface area (Å²) in [6.45, 7) is 1.92. The van der Waals surface area contributed by atoms with Crippen molar-refractivity contribution < 1.29 is 36.2 Å². The highest BCUT2D eigenvalue weighted by Crippen LogP contribution is 2.39. The van der Waals surface area contributed by atoms with Crippen molar-refractivity contribution in [2.45, 2.75) is 32.1 Å². The second-order valence-corrected chi connectivity index (χ2v) is 5.98. The van der Waals surface area contributed by atoms with Gasteiger partial charge in [-0.05, 0) is 36.8 Å². The molecule has 0 saturated heterocycles. The van der Waals surface area contributed by atoms with Gasteiger partial charge in [-0.1, -0.05) is 13.3 Å². The largest absolute Gasteiger partial charge is 0.478 e. The van der Waals surface area contributed by atoms with E-state index in [1.807, 2.05) is 6.92 Å². The lowest BCUT2D eigenvalue weighted by atomic mass is 10.1. The Morgan fingerprint density at radius 3 is 2.00 bits per heavy atom. The van der Waals surface area contributed by atoms with Gasteiger partial charge in [0.2, 0.25) is 0 Å². The van der Waals surface area contributed by atoms with E-state index in [9.17, 15) is 31.1 Å². The third kappa shape index (κ3) is 5.14. The molecule has 0 bridgehead atoms. The molecule has 1 aromatic heterocycles. The first-order valence-electron chi connectivity index (χ1n) is 8.20. The number of hydrogen-bond acceptors (Lipinski definition) is 3. The molecule has 152 valence electrons. The van der Waals surface area contributed by atoms with Crippen molar-refractivity contribution in [3.8, 4) is 0 Å². The summed E-state index contributed by atoms with van der Waals surface area (Å²) in [5.41, 5.74) is -3.34. The van der Waals surface area contributed by atoms with Crippen molar-refractivity contribution in [3.05, 3.63) is 53.2 Å². The third-order valence-electron chi connectivity index (χ3n) is 3.89. The highest BCUT2D eigenvalue weighted by molar-refractivity contribution is 5.87. The summed E-state index contributed by atoms with van der Waals surface area (Å²) in [6, 6.07) is 3.73. The Labute approximate surface area is 156 Å². The van der Waals surface area contributed by atoms with Crippen molar-refractivity contribution in [1.29, 1.82) is 0 Å². The molecule has 2 rings (SSSR count). The molecule has 1 heterocycles. The first-order valence-corrected chi connectivity index (χ1v) is 8.20. The SMILES string of the molecule is CCCCN(c1cc(C(F)(F)F)cc(C(F)(F)F)c1)c1ccc(C(=O)O)cn1. The number of anilines is 2. The monoisotopic (exact) mass is 406 g/mol. The number of rotatable bonds is 6. The van der Waals surface area contributed by atoms with E-state index in [0.717, 1.165) is 6.20 Å². The lowest BCUT2D eigenvalue weighted by molar-refractivity contribution is -0.143. The minimum Gasteiger partial charge on any atom is -0.478 e. The zero-order valence-corrected chi connectivity index (χ0v) is 14.6. The highest BCUT2D eigenvalue weighted by Gasteiger charge is 2.37. The summed E-state index contributed by atoms with van der Waals surface area (Å²) >= 11 is 0. The summed E-state index contributed by atoms with van der Waals surface area (Å²) in [7, 11) is 0. The zero-order valence-electron chi connectivity index (χ0n) is 14.6. The van der Waals surface area contributed by atoms with Gasteiger partial charge in [-0.25, -0.2) is 9.78 Å². The van der Waals surface area contributed by atoms with Crippen LogP contribution >= 0.6 is 0 Å². The number of halogens is 6. The molecular weight excluding hydrogens is 390 g/mol. The first-order chi connectivity index (χ1) is 12.9. The Hall–Kier alpha value is -2.78. The Balaban J connectivity index is 2.60. The molecule has 10 heteroatoms. The molecule has 0 aliphatic carbocycles. The van der Waals surface area contributed by atoms with Gasteiger partial charge in [-0.3, -0.25) is 0 Å². The van der Waals surface area contributed by atoms with E-state index in [0.29, 0.717) is 25.0 Å². The van der Waals surface area contributed by atoms with Crippen LogP contribution < -0.4 is 4.90 Å². The number of aromatic nitrogens is 1. The highest BCUT2D eigenvalue weighted by atomic mass is 19.4. The summed E-state index contributed by atoms with van der Waals surface area (Å²) in [5.74, 6) is -1.21. The minimum absolute atomic E-state index is 0.0471. The molecule has 1 aromatic carbocycles. The number of unbranched alkanes of at least 4 members (excludes halogenated alkanes) is 1. The molecule has 0 amide bonds. The predicted octanol–water partition coefficient (Wildman–Crippen LogP) is 5.76. The number of aromatic carboxylic acids is 1. The lowest BCUT2D eigenvalue weighted by Gasteiger charge is -2.26. The Bertz CT molecular complexity index is 799. The van der Waals surface area contributed by atoms with Crippen LogP contribution in [0.2, 0.25) is 0 Å². The summed E-state index contributed by atoms with van der Waals surface area (Å²) in [4.78, 5) is 16.0. The quantitative estimate of drug-likeness (QED) is 0.620. The number of carboxylic acid groups (broad SMARTS) is 1. The van der Waals surface area contributed by atoms with Crippen LogP contribution in [0.15, 0.2) is 36.5 Å². The molecule has 1 N–H and O–H groups in total. The standard InChI is InChI=1S/C18H16F6N2O2/c1-2-3-6-26(15-5-4-11(10-25-15)16(27)28)14-8-12(17(19,20)21)7-13(9-14)18(22,23)24/h4-5,7-10H,2-3,6H2,1H3,(H,27,28). The summed E-state index contributed by atoms with van der Waals surface area (Å²) < 4.78 is 78.8. The molecule has 0 unspecified atom stereocenters. The van der Waals surface area contributed by atoms with Gasteiger partial charge in [0.05, 0.1) is 16.7 Å². The van der Waals surface area contributed by atoms with Gasteiger partial charge in [0, 0.05) is 18.4 Å². The maximum absolute atomic E-state index is 13.1. The van der Waals surface area contributed by atoms with Crippen LogP contribution in [0.25, 0.3) is 0 Å². The van der Waals surface area contributed by atoms with Gasteiger partial charge in [0.15, 0.2) is 0 Å². The number of pyridine rings is 1. The second-order valence-electron chi connectivity index (χ2n) is 5.98. The molecule has 0 radical (unpaired) electrons. The molecular formula is C18H16F6N2O2. The van der Waals surface area contributed by atoms with Gasteiger partial charge in [0.1, 0.15) is 5.82 Å². The summed E-state index contributed by atoms with van der Waals surface area (Å²) in [6.07, 6.45) is -7.83. The second kappa shape index (κ2) is 8.07. The maximum atomic E-state index is 13.1. The van der Waals surface area contributed by atoms with Gasteiger partial charge < -0.3 is 10.0 Å². The van der Waals surface area contributed by atoms with Crippen LogP contribution in [0, 0.1) is 0 Å². The van der Waals surface area contributed by atoms with E-state index in [1.54, 1.807) is 0 Å². The molecule has 0 spiro atoms. The third-order valence-corrected chi connectivity index (χ3v) is 3.89. The predicted molar refractivity (Wildman–Crippen MR) is 89.6 cm³/mol. The van der Waals surface area contributed by atoms with E-state index in [4.69, 9.17) is 5.11 Å². The number of hydrogen-bond donors (Lipinski definition) is 1. The molecule has 0 aliphatic heterocycles. The van der Waals surface area contributed by atoms with E-state index < -0.39 is 29.4 Å². The fourth-order valence-electron chi connectivity index (χ4n) is 2.46. The first kappa shape index (κ1) is 21.5. The fraction of sp³-hybridized carbons (Fsp3) is 0.333. The topological polar surface area (TPSA) is 53.4 Å². The van der Waals surface area contributed by atoms with E-state index in [1.165, 1.54) is 17.0 Å². The smallest absolute Gasteiger partial charge is 0.416 e. The Morgan fingerprint density at radius 2 is 1.61 bits per heavy atom. The van der Waals surface area contributed by atoms with Crippen molar-refractivity contribution in [1.82, 2.24) is 4.98 Å². The number of benzene rings is 1. The normalized spacial score (nSPS) is 12.1. The number of alkyl halides is 6. The number of carbonyl (C=O) groups is 1. The zero-order chi connectivity index (χ0) is 21.1. The van der Waals surface area contributed by atoms with E-state index >= 15 is 0 Å². The van der Waals surface area contributed by atoms with Crippen LogP contribution in [0.1, 0.15) is 41.3 Å². The van der Waals surface area contributed by atoms with Crippen LogP contribution in [0.5, 0.6) is 0 Å². The van der Waals surface area contributed by atoms with Gasteiger partial charge in [0.25, 0.3) is 0 Å². The van der Waals surface area contributed by atoms with Crippen molar-refractivity contribution in [2.75, 3.05) is 11.4 Å². The lowest BCUT2D eigenvalue weighted by Crippen LogP contribution is -2.22. The van der Waals surface area contributed by atoms with Crippen LogP contribution in [-0.2, 0) is 12.4 Å². The number of nitrogens with zero attached hydrogens (tertiary/aromatic N) is 2. The van der Waals surface area contributed by atoms with Crippen molar-refractivity contribution in [3.63, 3.8) is 0 Å². The average molecular weight is 406 g/mol. The van der Waals surface area contributed by atoms with E-state index in [2.05, 4.69) is 4.98 Å². The van der Waals surface area contributed by atoms with Crippen molar-refractivity contribution >= 4 is 17.5 Å². The maximum Gasteiger partial charge on any atom is 0.416 e. The van der Waals surface area contributed by atoms with Crippen LogP contribution in [0.4, 0.5) is 37.8 Å². The van der Waals surface area contributed by atoms with E-state index in [-0.39, 0.29) is 29.7 Å². The molecule has 0 aliphatic rings. The van der Waals surface area contributed by atoms with Gasteiger partial charge in [-0.15, -0.1) is 0 Å². The molecule has 0 fully saturated rings. The van der Waals surface area contributed by atoms with Crippen molar-refractivity contribution in [2.24, 2.45) is 0 Å². The average Bonchev–Trinajstić information content (AvgIpc) is 2.60. The fourth-order valence-corrected chi connectivity index (χ4v) is 2.46. The molecule has 4 nitrogen and oxygen atoms in total. The Kier molecular flexibility index (Phi) is 6.20. The van der Waals surface area contributed by atoms with Crippen LogP contribution in [-0.4, -0.2) is 22.6 Å². The summed E-state index contributed by atoms with van der Waals surface area (Å²) in [5, 5.41) is 8.92. The van der Waals surface area contributed by atoms with Gasteiger partial charge in [-0.2, -0.15) is 26.3 Å². The van der Waals surface area contributed by atoms with Gasteiger partial charge >= 0.3 is 18.3 Å². The van der Waals surface area contributed by atoms with Crippen LogP contribution in [0.3, 0.4) is 0 Å².